The molecule has 0 heterocycles. The van der Waals surface area contributed by atoms with Gasteiger partial charge in [0, 0.05) is 29.0 Å². The molecule has 0 saturated carbocycles. The molecule has 1 unspecified atom stereocenters. The molecule has 0 bridgehead atoms. The third-order valence-corrected chi connectivity index (χ3v) is 6.13. The van der Waals surface area contributed by atoms with Crippen molar-refractivity contribution < 1.29 is 24.2 Å². The number of ketones is 2. The number of aliphatic hydroxyl groups is 1. The van der Waals surface area contributed by atoms with E-state index >= 15 is 0 Å². The molecule has 0 aliphatic heterocycles. The molecule has 0 radical (unpaired) electrons. The number of hydrogen-bond donors (Lipinski definition) is 1. The number of Topliss-reactive ketones (excluding diaryl/α,β-unsaturated/α-hetero) is 2. The molecule has 0 fully saturated rings. The van der Waals surface area contributed by atoms with Crippen LogP contribution in [0.15, 0.2) is 48.5 Å². The second kappa shape index (κ2) is 8.93. The number of carbonyl (C=O) groups excluding carboxylic acids is 3. The number of halogens is 1. The minimum atomic E-state index is -1.76. The zero-order chi connectivity index (χ0) is 22.8. The highest BCUT2D eigenvalue weighted by Crippen LogP contribution is 2.47. The highest BCUT2D eigenvalue weighted by Gasteiger charge is 2.55. The smallest absolute Gasteiger partial charge is 0.306 e. The quantitative estimate of drug-likeness (QED) is 0.460. The van der Waals surface area contributed by atoms with Crippen LogP contribution in [-0.4, -0.2) is 29.2 Å². The summed E-state index contributed by atoms with van der Waals surface area (Å²) in [6.45, 7) is 5.16. The van der Waals surface area contributed by atoms with Crippen molar-refractivity contribution in [3.63, 3.8) is 0 Å². The Labute approximate surface area is 187 Å². The van der Waals surface area contributed by atoms with Gasteiger partial charge in [0.15, 0.2) is 11.6 Å². The summed E-state index contributed by atoms with van der Waals surface area (Å²) in [5, 5.41) is 12.1. The SMILES string of the molecule is CCC1(CC(O)(COC(=O)CC(C)C)c2cccc(Cl)c2)C(=O)c2ccccc2C1=O. The molecule has 31 heavy (non-hydrogen) atoms. The second-order valence-corrected chi connectivity index (χ2v) is 9.05. The van der Waals surface area contributed by atoms with Gasteiger partial charge in [-0.25, -0.2) is 0 Å². The Kier molecular flexibility index (Phi) is 6.68. The third kappa shape index (κ3) is 4.43. The van der Waals surface area contributed by atoms with E-state index in [1.54, 1.807) is 55.5 Å². The summed E-state index contributed by atoms with van der Waals surface area (Å²) in [7, 11) is 0. The van der Waals surface area contributed by atoms with E-state index < -0.39 is 17.0 Å². The monoisotopic (exact) mass is 442 g/mol. The Morgan fingerprint density at radius 1 is 1.10 bits per heavy atom. The van der Waals surface area contributed by atoms with Gasteiger partial charge in [-0.2, -0.15) is 0 Å². The fourth-order valence-corrected chi connectivity index (χ4v) is 4.40. The summed E-state index contributed by atoms with van der Waals surface area (Å²) in [5.74, 6) is -0.983. The van der Waals surface area contributed by atoms with Crippen LogP contribution in [0, 0.1) is 11.3 Å². The van der Waals surface area contributed by atoms with Crippen molar-refractivity contribution in [2.45, 2.75) is 45.6 Å². The van der Waals surface area contributed by atoms with Crippen LogP contribution >= 0.6 is 11.6 Å². The van der Waals surface area contributed by atoms with Crippen molar-refractivity contribution in [3.8, 4) is 0 Å². The predicted octanol–water partition coefficient (Wildman–Crippen LogP) is 4.98. The van der Waals surface area contributed by atoms with Crippen LogP contribution < -0.4 is 0 Å². The maximum Gasteiger partial charge on any atom is 0.306 e. The lowest BCUT2D eigenvalue weighted by atomic mass is 9.70. The first-order valence-corrected chi connectivity index (χ1v) is 10.8. The number of benzene rings is 2. The molecule has 0 aromatic heterocycles. The van der Waals surface area contributed by atoms with Gasteiger partial charge < -0.3 is 9.84 Å². The van der Waals surface area contributed by atoms with Crippen molar-refractivity contribution >= 4 is 29.1 Å². The molecular weight excluding hydrogens is 416 g/mol. The molecule has 2 aromatic rings. The first-order chi connectivity index (χ1) is 14.6. The van der Waals surface area contributed by atoms with Gasteiger partial charge in [0.25, 0.3) is 0 Å². The number of hydrogen-bond acceptors (Lipinski definition) is 5. The maximum atomic E-state index is 13.4. The highest BCUT2D eigenvalue weighted by molar-refractivity contribution is 6.30. The minimum absolute atomic E-state index is 0.0984. The van der Waals surface area contributed by atoms with E-state index in [0.717, 1.165) is 0 Å². The van der Waals surface area contributed by atoms with Crippen molar-refractivity contribution in [2.75, 3.05) is 6.61 Å². The van der Waals surface area contributed by atoms with Gasteiger partial charge in [0.2, 0.25) is 0 Å². The van der Waals surface area contributed by atoms with Crippen LogP contribution in [0.25, 0.3) is 0 Å². The molecule has 164 valence electrons. The molecule has 2 aromatic carbocycles. The van der Waals surface area contributed by atoms with Gasteiger partial charge in [0.1, 0.15) is 12.2 Å². The Morgan fingerprint density at radius 3 is 2.23 bits per heavy atom. The van der Waals surface area contributed by atoms with Crippen LogP contribution in [0.1, 0.15) is 66.3 Å². The van der Waals surface area contributed by atoms with Gasteiger partial charge >= 0.3 is 5.97 Å². The average Bonchev–Trinajstić information content (AvgIpc) is 2.94. The number of carbonyl (C=O) groups is 3. The molecule has 1 aliphatic rings. The standard InChI is InChI=1S/C25H27ClO5/c1-4-24(22(28)19-10-5-6-11-20(19)23(24)29)14-25(30,15-31-21(27)12-16(2)3)17-8-7-9-18(26)13-17/h5-11,13,16,30H,4,12,14-15H2,1-3H3. The van der Waals surface area contributed by atoms with Gasteiger partial charge in [-0.05, 0) is 30.0 Å². The highest BCUT2D eigenvalue weighted by atomic mass is 35.5. The Balaban J connectivity index is 2.00. The first kappa shape index (κ1) is 23.2. The minimum Gasteiger partial charge on any atom is -0.462 e. The molecule has 0 saturated heterocycles. The topological polar surface area (TPSA) is 80.7 Å². The lowest BCUT2D eigenvalue weighted by Gasteiger charge is -2.36. The van der Waals surface area contributed by atoms with Crippen LogP contribution in [0.2, 0.25) is 5.02 Å². The number of ether oxygens (including phenoxy) is 1. The largest absolute Gasteiger partial charge is 0.462 e. The van der Waals surface area contributed by atoms with Gasteiger partial charge in [0.05, 0.1) is 5.41 Å². The van der Waals surface area contributed by atoms with Crippen molar-refractivity contribution in [3.05, 3.63) is 70.2 Å². The lowest BCUT2D eigenvalue weighted by molar-refractivity contribution is -0.154. The van der Waals surface area contributed by atoms with E-state index in [-0.39, 0.29) is 43.4 Å². The van der Waals surface area contributed by atoms with Gasteiger partial charge in [-0.1, -0.05) is 68.8 Å². The Bertz CT molecular complexity index is 977. The Hall–Kier alpha value is -2.50. The molecule has 0 amide bonds. The summed E-state index contributed by atoms with van der Waals surface area (Å²) in [5.41, 5.74) is -2.09. The zero-order valence-electron chi connectivity index (χ0n) is 18.0. The summed E-state index contributed by atoms with van der Waals surface area (Å²) < 4.78 is 5.41. The fourth-order valence-electron chi connectivity index (χ4n) is 4.21. The zero-order valence-corrected chi connectivity index (χ0v) is 18.7. The molecule has 1 aliphatic carbocycles. The number of fused-ring (bicyclic) bond motifs is 1. The molecule has 1 N–H and O–H groups in total. The van der Waals surface area contributed by atoms with Crippen LogP contribution in [0.3, 0.4) is 0 Å². The van der Waals surface area contributed by atoms with E-state index in [9.17, 15) is 19.5 Å². The third-order valence-electron chi connectivity index (χ3n) is 5.89. The summed E-state index contributed by atoms with van der Waals surface area (Å²) >= 11 is 6.15. The first-order valence-electron chi connectivity index (χ1n) is 10.5. The maximum absolute atomic E-state index is 13.4. The number of esters is 1. The summed E-state index contributed by atoms with van der Waals surface area (Å²) in [6.07, 6.45) is 0.203. The van der Waals surface area contributed by atoms with Gasteiger partial charge in [-0.3, -0.25) is 14.4 Å². The van der Waals surface area contributed by atoms with Crippen LogP contribution in [-0.2, 0) is 15.1 Å². The van der Waals surface area contributed by atoms with E-state index in [1.807, 2.05) is 13.8 Å². The molecule has 5 nitrogen and oxygen atoms in total. The normalized spacial score (nSPS) is 16.8. The van der Waals surface area contributed by atoms with E-state index in [0.29, 0.717) is 21.7 Å². The van der Waals surface area contributed by atoms with Crippen molar-refractivity contribution in [2.24, 2.45) is 11.3 Å². The summed E-state index contributed by atoms with van der Waals surface area (Å²) in [6, 6.07) is 13.2. The number of rotatable bonds is 8. The molecule has 6 heteroatoms. The fraction of sp³-hybridized carbons (Fsp3) is 0.400. The molecule has 1 atom stereocenters. The van der Waals surface area contributed by atoms with Crippen molar-refractivity contribution in [1.29, 1.82) is 0 Å². The van der Waals surface area contributed by atoms with Crippen molar-refractivity contribution in [1.82, 2.24) is 0 Å². The second-order valence-electron chi connectivity index (χ2n) is 8.62. The Morgan fingerprint density at radius 2 is 1.71 bits per heavy atom. The molecule has 0 spiro atoms. The van der Waals surface area contributed by atoms with Gasteiger partial charge in [-0.15, -0.1) is 0 Å². The summed E-state index contributed by atoms with van der Waals surface area (Å²) in [4.78, 5) is 38.9. The van der Waals surface area contributed by atoms with E-state index in [4.69, 9.17) is 16.3 Å². The van der Waals surface area contributed by atoms with Crippen LogP contribution in [0.4, 0.5) is 0 Å². The predicted molar refractivity (Wildman–Crippen MR) is 118 cm³/mol. The van der Waals surface area contributed by atoms with E-state index in [2.05, 4.69) is 0 Å². The van der Waals surface area contributed by atoms with Crippen LogP contribution in [0.5, 0.6) is 0 Å². The average molecular weight is 443 g/mol. The lowest BCUT2D eigenvalue weighted by Crippen LogP contribution is -2.44. The molecular formula is C25H27ClO5. The van der Waals surface area contributed by atoms with E-state index in [1.165, 1.54) is 0 Å². The molecule has 3 rings (SSSR count).